The second-order valence-corrected chi connectivity index (χ2v) is 5.83. The van der Waals surface area contributed by atoms with Crippen LogP contribution in [0.1, 0.15) is 30.4 Å². The molecular formula is C18H24N2O4. The number of rotatable bonds is 9. The number of carbonyl (C=O) groups is 3. The van der Waals surface area contributed by atoms with E-state index in [9.17, 15) is 14.4 Å². The van der Waals surface area contributed by atoms with Crippen LogP contribution in [0.25, 0.3) is 0 Å². The topological polar surface area (TPSA) is 75.7 Å². The molecule has 0 aliphatic carbocycles. The molecule has 1 saturated heterocycles. The summed E-state index contributed by atoms with van der Waals surface area (Å²) in [6.07, 6.45) is 1.77. The van der Waals surface area contributed by atoms with Crippen LogP contribution in [0.5, 0.6) is 0 Å². The zero-order chi connectivity index (χ0) is 17.4. The molecule has 1 aliphatic heterocycles. The zero-order valence-electron chi connectivity index (χ0n) is 14.0. The van der Waals surface area contributed by atoms with Gasteiger partial charge in [-0.05, 0) is 24.5 Å². The molecule has 0 spiro atoms. The predicted molar refractivity (Wildman–Crippen MR) is 89.3 cm³/mol. The van der Waals surface area contributed by atoms with E-state index in [2.05, 4.69) is 5.32 Å². The fourth-order valence-corrected chi connectivity index (χ4v) is 2.62. The van der Waals surface area contributed by atoms with Crippen molar-refractivity contribution in [3.63, 3.8) is 0 Å². The Bertz CT molecular complexity index is 584. The smallest absolute Gasteiger partial charge is 0.229 e. The maximum absolute atomic E-state index is 11.8. The van der Waals surface area contributed by atoms with Crippen molar-refractivity contribution in [2.24, 2.45) is 0 Å². The minimum absolute atomic E-state index is 0.00764. The molecule has 0 unspecified atom stereocenters. The van der Waals surface area contributed by atoms with Crippen LogP contribution in [0.3, 0.4) is 0 Å². The number of nitrogens with zero attached hydrogens (tertiary/aromatic N) is 1. The Balaban J connectivity index is 1.53. The molecule has 3 amide bonds. The van der Waals surface area contributed by atoms with Gasteiger partial charge in [-0.1, -0.05) is 24.3 Å². The predicted octanol–water partition coefficient (Wildman–Crippen LogP) is 1.21. The highest BCUT2D eigenvalue weighted by atomic mass is 16.5. The van der Waals surface area contributed by atoms with Gasteiger partial charge in [0.1, 0.15) is 0 Å². The number of hydrogen-bond donors (Lipinski definition) is 1. The lowest BCUT2D eigenvalue weighted by Crippen LogP contribution is -2.33. The van der Waals surface area contributed by atoms with E-state index in [0.717, 1.165) is 6.42 Å². The molecule has 0 aromatic heterocycles. The van der Waals surface area contributed by atoms with Crippen molar-refractivity contribution in [1.82, 2.24) is 10.2 Å². The lowest BCUT2D eigenvalue weighted by atomic mass is 10.0. The van der Waals surface area contributed by atoms with Crippen LogP contribution in [0.15, 0.2) is 24.3 Å². The fourth-order valence-electron chi connectivity index (χ4n) is 2.62. The van der Waals surface area contributed by atoms with E-state index in [4.69, 9.17) is 4.74 Å². The summed E-state index contributed by atoms with van der Waals surface area (Å²) in [6.45, 7) is 3.42. The van der Waals surface area contributed by atoms with Gasteiger partial charge in [0.15, 0.2) is 0 Å². The SMILES string of the molecule is Cc1ccccc1CCC(=O)NCCOCCN1C(=O)CCC1=O. The van der Waals surface area contributed by atoms with Gasteiger partial charge in [0, 0.05) is 25.8 Å². The highest BCUT2D eigenvalue weighted by Gasteiger charge is 2.28. The Hall–Kier alpha value is -2.21. The summed E-state index contributed by atoms with van der Waals surface area (Å²) in [5, 5.41) is 2.81. The maximum Gasteiger partial charge on any atom is 0.229 e. The van der Waals surface area contributed by atoms with Gasteiger partial charge in [-0.2, -0.15) is 0 Å². The maximum atomic E-state index is 11.8. The third-order valence-corrected chi connectivity index (χ3v) is 4.07. The van der Waals surface area contributed by atoms with Crippen LogP contribution in [-0.4, -0.2) is 48.9 Å². The van der Waals surface area contributed by atoms with Gasteiger partial charge in [0.2, 0.25) is 17.7 Å². The van der Waals surface area contributed by atoms with E-state index in [1.807, 2.05) is 31.2 Å². The average molecular weight is 332 g/mol. The Labute approximate surface area is 142 Å². The molecule has 1 N–H and O–H groups in total. The van der Waals surface area contributed by atoms with E-state index >= 15 is 0 Å². The molecule has 1 fully saturated rings. The molecular weight excluding hydrogens is 308 g/mol. The quantitative estimate of drug-likeness (QED) is 0.545. The van der Waals surface area contributed by atoms with Crippen LogP contribution in [0, 0.1) is 6.92 Å². The monoisotopic (exact) mass is 332 g/mol. The van der Waals surface area contributed by atoms with E-state index in [0.29, 0.717) is 45.6 Å². The number of imide groups is 1. The van der Waals surface area contributed by atoms with Gasteiger partial charge < -0.3 is 10.1 Å². The minimum Gasteiger partial charge on any atom is -0.378 e. The van der Waals surface area contributed by atoms with Crippen LogP contribution in [0.4, 0.5) is 0 Å². The van der Waals surface area contributed by atoms with E-state index < -0.39 is 0 Å². The Morgan fingerprint density at radius 1 is 1.17 bits per heavy atom. The summed E-state index contributed by atoms with van der Waals surface area (Å²) in [4.78, 5) is 35.8. The average Bonchev–Trinajstić information content (AvgIpc) is 2.89. The summed E-state index contributed by atoms with van der Waals surface area (Å²) in [7, 11) is 0. The second kappa shape index (κ2) is 9.17. The van der Waals surface area contributed by atoms with Crippen molar-refractivity contribution in [3.8, 4) is 0 Å². The number of carbonyl (C=O) groups excluding carboxylic acids is 3. The Morgan fingerprint density at radius 3 is 2.58 bits per heavy atom. The molecule has 6 nitrogen and oxygen atoms in total. The summed E-state index contributed by atoms with van der Waals surface area (Å²) in [5.41, 5.74) is 2.38. The van der Waals surface area contributed by atoms with Crippen molar-refractivity contribution >= 4 is 17.7 Å². The largest absolute Gasteiger partial charge is 0.378 e. The second-order valence-electron chi connectivity index (χ2n) is 5.83. The van der Waals surface area contributed by atoms with Crippen molar-refractivity contribution in [2.45, 2.75) is 32.6 Å². The highest BCUT2D eigenvalue weighted by molar-refractivity contribution is 6.01. The highest BCUT2D eigenvalue weighted by Crippen LogP contribution is 2.11. The first-order valence-electron chi connectivity index (χ1n) is 8.30. The summed E-state index contributed by atoms with van der Waals surface area (Å²) >= 11 is 0. The van der Waals surface area contributed by atoms with Gasteiger partial charge in [0.05, 0.1) is 19.8 Å². The zero-order valence-corrected chi connectivity index (χ0v) is 14.0. The van der Waals surface area contributed by atoms with E-state index in [-0.39, 0.29) is 17.7 Å². The van der Waals surface area contributed by atoms with Gasteiger partial charge in [-0.3, -0.25) is 19.3 Å². The van der Waals surface area contributed by atoms with Crippen molar-refractivity contribution < 1.29 is 19.1 Å². The number of ether oxygens (including phenoxy) is 1. The van der Waals surface area contributed by atoms with E-state index in [1.165, 1.54) is 16.0 Å². The third-order valence-electron chi connectivity index (χ3n) is 4.07. The van der Waals surface area contributed by atoms with Gasteiger partial charge >= 0.3 is 0 Å². The fraction of sp³-hybridized carbons (Fsp3) is 0.500. The van der Waals surface area contributed by atoms with Crippen molar-refractivity contribution in [2.75, 3.05) is 26.3 Å². The standard InChI is InChI=1S/C18H24N2O4/c1-14-4-2-3-5-15(14)6-7-16(21)19-10-12-24-13-11-20-17(22)8-9-18(20)23/h2-5H,6-13H2,1H3,(H,19,21). The first-order valence-corrected chi connectivity index (χ1v) is 8.30. The van der Waals surface area contributed by atoms with Gasteiger partial charge in [-0.25, -0.2) is 0 Å². The molecule has 0 atom stereocenters. The lowest BCUT2D eigenvalue weighted by molar-refractivity contribution is -0.139. The van der Waals surface area contributed by atoms with Crippen LogP contribution in [0.2, 0.25) is 0 Å². The summed E-state index contributed by atoms with van der Waals surface area (Å²) in [6, 6.07) is 8.03. The Kier molecular flexibility index (Phi) is 6.93. The molecule has 0 radical (unpaired) electrons. The molecule has 0 bridgehead atoms. The molecule has 6 heteroatoms. The lowest BCUT2D eigenvalue weighted by Gasteiger charge is -2.13. The van der Waals surface area contributed by atoms with Crippen LogP contribution in [-0.2, 0) is 25.5 Å². The number of likely N-dealkylation sites (tertiary alicyclic amines) is 1. The number of hydrogen-bond acceptors (Lipinski definition) is 4. The first-order chi connectivity index (χ1) is 11.6. The minimum atomic E-state index is -0.131. The van der Waals surface area contributed by atoms with Crippen molar-refractivity contribution in [1.29, 1.82) is 0 Å². The number of aryl methyl sites for hydroxylation is 2. The normalized spacial score (nSPS) is 14.3. The van der Waals surface area contributed by atoms with Crippen LogP contribution < -0.4 is 5.32 Å². The molecule has 1 aromatic carbocycles. The van der Waals surface area contributed by atoms with Gasteiger partial charge in [-0.15, -0.1) is 0 Å². The number of nitrogens with one attached hydrogen (secondary N) is 1. The summed E-state index contributed by atoms with van der Waals surface area (Å²) in [5.74, 6) is -0.270. The first kappa shape index (κ1) is 18.1. The molecule has 0 saturated carbocycles. The number of amides is 3. The number of benzene rings is 1. The molecule has 1 heterocycles. The Morgan fingerprint density at radius 2 is 1.88 bits per heavy atom. The molecule has 130 valence electrons. The summed E-state index contributed by atoms with van der Waals surface area (Å²) < 4.78 is 5.36. The molecule has 1 aliphatic rings. The molecule has 24 heavy (non-hydrogen) atoms. The van der Waals surface area contributed by atoms with Gasteiger partial charge in [0.25, 0.3) is 0 Å². The van der Waals surface area contributed by atoms with Crippen molar-refractivity contribution in [3.05, 3.63) is 35.4 Å². The van der Waals surface area contributed by atoms with Crippen LogP contribution >= 0.6 is 0 Å². The molecule has 2 rings (SSSR count). The third kappa shape index (κ3) is 5.45. The molecule has 1 aromatic rings. The van der Waals surface area contributed by atoms with E-state index in [1.54, 1.807) is 0 Å².